The van der Waals surface area contributed by atoms with Crippen LogP contribution in [-0.2, 0) is 0 Å². The summed E-state index contributed by atoms with van der Waals surface area (Å²) in [4.78, 5) is 21.9. The number of anilines is 2. The zero-order valence-electron chi connectivity index (χ0n) is 25.2. The molecule has 230 valence electrons. The number of hydrogen-bond acceptors (Lipinski definition) is 6. The number of nitrogen functional groups attached to an aromatic ring is 1. The zero-order chi connectivity index (χ0) is 31.7. The number of carbonyl (C=O) groups excluding carboxylic acids is 1. The van der Waals surface area contributed by atoms with E-state index in [0.29, 0.717) is 34.8 Å². The topological polar surface area (TPSA) is 114 Å². The van der Waals surface area contributed by atoms with Crippen molar-refractivity contribution < 1.29 is 18.0 Å². The molecule has 1 unspecified atom stereocenters. The molecule has 0 bridgehead atoms. The number of alkyl halides is 3. The van der Waals surface area contributed by atoms with Crippen LogP contribution in [0.5, 0.6) is 0 Å². The maximum absolute atomic E-state index is 12.7. The molecule has 42 heavy (non-hydrogen) atoms. The third-order valence-corrected chi connectivity index (χ3v) is 5.67. The summed E-state index contributed by atoms with van der Waals surface area (Å²) >= 11 is 0. The van der Waals surface area contributed by atoms with Gasteiger partial charge in [0.15, 0.2) is 0 Å². The van der Waals surface area contributed by atoms with Crippen molar-refractivity contribution in [3.8, 4) is 11.3 Å². The molecule has 3 heterocycles. The van der Waals surface area contributed by atoms with Gasteiger partial charge in [-0.3, -0.25) is 10.2 Å². The molecular weight excluding hydrogens is 545 g/mol. The van der Waals surface area contributed by atoms with Crippen LogP contribution < -0.4 is 16.4 Å². The fourth-order valence-electron chi connectivity index (χ4n) is 3.94. The van der Waals surface area contributed by atoms with Crippen molar-refractivity contribution in [3.05, 3.63) is 73.1 Å². The van der Waals surface area contributed by atoms with Gasteiger partial charge in [0.25, 0.3) is 0 Å². The van der Waals surface area contributed by atoms with Gasteiger partial charge in [-0.05, 0) is 26.3 Å². The first-order valence-electron chi connectivity index (χ1n) is 13.9. The number of nitrogens with zero attached hydrogens (tertiary/aromatic N) is 5. The molecule has 0 radical (unpaired) electrons. The Kier molecular flexibility index (Phi) is 15.6. The van der Waals surface area contributed by atoms with Crippen LogP contribution in [0.3, 0.4) is 0 Å². The van der Waals surface area contributed by atoms with Crippen LogP contribution in [0.25, 0.3) is 17.0 Å². The predicted molar refractivity (Wildman–Crippen MR) is 165 cm³/mol. The van der Waals surface area contributed by atoms with Crippen molar-refractivity contribution in [3.63, 3.8) is 0 Å². The molecule has 4 rings (SSSR count). The molecule has 4 N–H and O–H groups in total. The first-order valence-corrected chi connectivity index (χ1v) is 13.9. The van der Waals surface area contributed by atoms with Crippen LogP contribution in [0.1, 0.15) is 46.6 Å². The first-order chi connectivity index (χ1) is 20.1. The number of rotatable bonds is 6. The van der Waals surface area contributed by atoms with E-state index in [-0.39, 0.29) is 25.1 Å². The summed E-state index contributed by atoms with van der Waals surface area (Å²) in [6.07, 6.45) is 2.56. The number of likely N-dealkylation sites (tertiary alicyclic amines) is 1. The number of nitrogens with two attached hydrogens (primary N) is 1. The number of hydrogen-bond donors (Lipinski definition) is 3. The number of urea groups is 1. The van der Waals surface area contributed by atoms with Gasteiger partial charge >= 0.3 is 12.2 Å². The van der Waals surface area contributed by atoms with Crippen LogP contribution in [0, 0.1) is 6.92 Å². The van der Waals surface area contributed by atoms with E-state index in [9.17, 15) is 18.0 Å². The van der Waals surface area contributed by atoms with Crippen LogP contribution in [0.4, 0.5) is 29.7 Å². The lowest BCUT2D eigenvalue weighted by atomic mass is 10.1. The monoisotopic (exact) mass is 588 g/mol. The molecular formula is C30H43F3N8O. The van der Waals surface area contributed by atoms with Crippen molar-refractivity contribution in [2.45, 2.75) is 60.2 Å². The Morgan fingerprint density at radius 3 is 2.14 bits per heavy atom. The van der Waals surface area contributed by atoms with Crippen molar-refractivity contribution in [1.82, 2.24) is 30.0 Å². The van der Waals surface area contributed by atoms with Crippen molar-refractivity contribution in [1.29, 1.82) is 0 Å². The highest BCUT2D eigenvalue weighted by molar-refractivity contribution is 5.91. The number of aromatic nitrogens is 4. The zero-order valence-corrected chi connectivity index (χ0v) is 25.2. The second-order valence-corrected chi connectivity index (χ2v) is 8.70. The number of amides is 2. The lowest BCUT2D eigenvalue weighted by molar-refractivity contribution is -0.143. The molecule has 1 atom stereocenters. The third-order valence-electron chi connectivity index (χ3n) is 5.67. The summed E-state index contributed by atoms with van der Waals surface area (Å²) in [6, 6.07) is 11.1. The summed E-state index contributed by atoms with van der Waals surface area (Å²) in [7, 11) is 0. The van der Waals surface area contributed by atoms with E-state index in [4.69, 9.17) is 5.73 Å². The van der Waals surface area contributed by atoms with E-state index in [0.717, 1.165) is 0 Å². The fraction of sp³-hybridized carbons (Fsp3) is 0.400. The molecule has 1 saturated heterocycles. The van der Waals surface area contributed by atoms with Gasteiger partial charge in [-0.2, -0.15) is 18.3 Å². The molecule has 2 amide bonds. The lowest BCUT2D eigenvalue weighted by Crippen LogP contribution is -2.41. The maximum Gasteiger partial charge on any atom is 0.401 e. The summed E-state index contributed by atoms with van der Waals surface area (Å²) in [5, 5.41) is 10.1. The molecule has 0 spiro atoms. The van der Waals surface area contributed by atoms with Gasteiger partial charge in [0, 0.05) is 48.3 Å². The molecule has 1 aliphatic rings. The van der Waals surface area contributed by atoms with Crippen LogP contribution in [-0.4, -0.2) is 62.5 Å². The van der Waals surface area contributed by atoms with Gasteiger partial charge in [0.05, 0.1) is 6.54 Å². The minimum atomic E-state index is -4.27. The quantitative estimate of drug-likeness (QED) is 0.274. The highest BCUT2D eigenvalue weighted by atomic mass is 19.4. The summed E-state index contributed by atoms with van der Waals surface area (Å²) in [5.74, 6) is 0.539. The number of benzene rings is 1. The first kappa shape index (κ1) is 35.8. The second kappa shape index (κ2) is 18.3. The minimum Gasteiger partial charge on any atom is -0.368 e. The molecule has 1 fully saturated rings. The molecule has 1 aromatic carbocycles. The Morgan fingerprint density at radius 1 is 1.10 bits per heavy atom. The van der Waals surface area contributed by atoms with Crippen LogP contribution in [0.2, 0.25) is 0 Å². The Hall–Kier alpha value is -4.19. The summed E-state index contributed by atoms with van der Waals surface area (Å²) < 4.78 is 39.3. The Labute approximate surface area is 246 Å². The van der Waals surface area contributed by atoms with E-state index in [1.54, 1.807) is 30.7 Å². The van der Waals surface area contributed by atoms with E-state index in [2.05, 4.69) is 32.3 Å². The summed E-state index contributed by atoms with van der Waals surface area (Å²) in [6.45, 7) is 14.7. The Balaban J connectivity index is 0.000000759. The average Bonchev–Trinajstić information content (AvgIpc) is 3.55. The minimum absolute atomic E-state index is 0.127. The van der Waals surface area contributed by atoms with Gasteiger partial charge in [-0.1, -0.05) is 76.7 Å². The SMILES string of the molecule is C=C/C=C(\C)n1nc(-c2cnc(N)nc2)c(C)c1NC(=O)NC1CCN(CC(F)(F)F)C1.CC.CC.c1ccccc1. The van der Waals surface area contributed by atoms with Gasteiger partial charge in [-0.25, -0.2) is 19.4 Å². The molecule has 1 aliphatic heterocycles. The second-order valence-electron chi connectivity index (χ2n) is 8.70. The number of carbonyl (C=O) groups is 1. The molecule has 3 aromatic rings. The molecule has 0 saturated carbocycles. The summed E-state index contributed by atoms with van der Waals surface area (Å²) in [5.41, 5.74) is 8.07. The van der Waals surface area contributed by atoms with Gasteiger partial charge < -0.3 is 11.1 Å². The number of nitrogens with one attached hydrogen (secondary N) is 2. The fourth-order valence-corrected chi connectivity index (χ4v) is 3.94. The molecule has 9 nitrogen and oxygen atoms in total. The van der Waals surface area contributed by atoms with Crippen LogP contribution >= 0.6 is 0 Å². The third kappa shape index (κ3) is 11.7. The van der Waals surface area contributed by atoms with E-state index in [1.165, 1.54) is 17.3 Å². The maximum atomic E-state index is 12.7. The van der Waals surface area contributed by atoms with Gasteiger partial charge in [-0.15, -0.1) is 0 Å². The lowest BCUT2D eigenvalue weighted by Gasteiger charge is -2.18. The predicted octanol–water partition coefficient (Wildman–Crippen LogP) is 6.77. The van der Waals surface area contributed by atoms with E-state index < -0.39 is 18.8 Å². The Bertz CT molecular complexity index is 1220. The smallest absolute Gasteiger partial charge is 0.368 e. The highest BCUT2D eigenvalue weighted by Gasteiger charge is 2.34. The van der Waals surface area contributed by atoms with E-state index >= 15 is 0 Å². The van der Waals surface area contributed by atoms with Gasteiger partial charge in [0.1, 0.15) is 11.5 Å². The number of halogens is 3. The normalized spacial score (nSPS) is 14.7. The molecule has 2 aromatic heterocycles. The van der Waals surface area contributed by atoms with E-state index in [1.807, 2.05) is 64.1 Å². The highest BCUT2D eigenvalue weighted by Crippen LogP contribution is 2.30. The largest absolute Gasteiger partial charge is 0.401 e. The number of allylic oxidation sites excluding steroid dienone is 3. The van der Waals surface area contributed by atoms with Crippen molar-refractivity contribution in [2.75, 3.05) is 30.7 Å². The molecule has 0 aliphatic carbocycles. The van der Waals surface area contributed by atoms with Gasteiger partial charge in [0.2, 0.25) is 5.95 Å². The van der Waals surface area contributed by atoms with Crippen LogP contribution in [0.15, 0.2) is 67.5 Å². The van der Waals surface area contributed by atoms with Crippen molar-refractivity contribution in [2.24, 2.45) is 0 Å². The van der Waals surface area contributed by atoms with Crippen molar-refractivity contribution >= 4 is 23.5 Å². The Morgan fingerprint density at radius 2 is 1.64 bits per heavy atom. The average molecular weight is 589 g/mol. The molecule has 12 heteroatoms. The standard InChI is InChI=1S/C20H25F3N8O.C6H6.2C2H6/c1-4-5-12(2)31-17(13(3)16(29-31)14-8-25-18(24)26-9-14)28-19(32)27-15-6-7-30(10-15)11-20(21,22)23;1-2-4-6-5-3-1;2*1-2/h4-5,8-9,15H,1,6-7,10-11H2,2-3H3,(H2,24,25,26)(H2,27,28,32);1-6H;2*1-2H3/b12-5+;;;.